The Morgan fingerprint density at radius 1 is 1.25 bits per heavy atom. The van der Waals surface area contributed by atoms with Gasteiger partial charge in [0.15, 0.2) is 11.4 Å². The Kier molecular flexibility index (Phi) is 4.63. The molecule has 1 aliphatic heterocycles. The lowest BCUT2D eigenvalue weighted by molar-refractivity contribution is -0.139. The predicted octanol–water partition coefficient (Wildman–Crippen LogP) is 0.921. The molecule has 0 saturated carbocycles. The average molecular weight is 335 g/mol. The standard InChI is InChI=1S/C15H17N3O6/c19-12(10-1-2-11-13(9-10)23-14(20)16-11)3-4-17-5-7-18(8-6-17)24-15(21)22/h1-2,9H,3-8H2,(H,16,20)(H,21,22). The van der Waals surface area contributed by atoms with Gasteiger partial charge in [-0.25, -0.2) is 9.59 Å². The van der Waals surface area contributed by atoms with Gasteiger partial charge in [-0.05, 0) is 18.2 Å². The number of carboxylic acid groups (broad SMARTS) is 1. The highest BCUT2D eigenvalue weighted by Gasteiger charge is 2.20. The Bertz CT molecular complexity index is 803. The van der Waals surface area contributed by atoms with Crippen LogP contribution in [0.2, 0.25) is 0 Å². The van der Waals surface area contributed by atoms with Crippen molar-refractivity contribution in [2.45, 2.75) is 6.42 Å². The zero-order valence-corrected chi connectivity index (χ0v) is 12.9. The van der Waals surface area contributed by atoms with E-state index >= 15 is 0 Å². The van der Waals surface area contributed by atoms with Crippen molar-refractivity contribution in [1.82, 2.24) is 14.9 Å². The van der Waals surface area contributed by atoms with Gasteiger partial charge in [-0.1, -0.05) is 0 Å². The van der Waals surface area contributed by atoms with Crippen LogP contribution in [-0.2, 0) is 4.84 Å². The number of ketones is 1. The molecule has 0 spiro atoms. The Balaban J connectivity index is 1.52. The summed E-state index contributed by atoms with van der Waals surface area (Å²) in [7, 11) is 0. The summed E-state index contributed by atoms with van der Waals surface area (Å²) >= 11 is 0. The molecular formula is C15H17N3O6. The largest absolute Gasteiger partial charge is 0.525 e. The summed E-state index contributed by atoms with van der Waals surface area (Å²) in [6.45, 7) is 2.79. The van der Waals surface area contributed by atoms with Gasteiger partial charge in [-0.15, -0.1) is 5.06 Å². The Hall–Kier alpha value is -2.65. The molecule has 1 fully saturated rings. The molecule has 1 aromatic carbocycles. The van der Waals surface area contributed by atoms with E-state index in [-0.39, 0.29) is 5.78 Å². The maximum atomic E-state index is 12.3. The van der Waals surface area contributed by atoms with Crippen molar-refractivity contribution in [2.75, 3.05) is 32.7 Å². The molecule has 24 heavy (non-hydrogen) atoms. The van der Waals surface area contributed by atoms with Crippen LogP contribution in [0.5, 0.6) is 0 Å². The molecule has 9 heteroatoms. The SMILES string of the molecule is O=C(O)ON1CCN(CCC(=O)c2ccc3[nH]c(=O)oc3c2)CC1. The molecule has 0 bridgehead atoms. The van der Waals surface area contributed by atoms with Gasteiger partial charge in [-0.2, -0.15) is 0 Å². The van der Waals surface area contributed by atoms with Gasteiger partial charge in [0.25, 0.3) is 0 Å². The molecule has 9 nitrogen and oxygen atoms in total. The second kappa shape index (κ2) is 6.85. The fraction of sp³-hybridized carbons (Fsp3) is 0.400. The maximum absolute atomic E-state index is 12.3. The number of aromatic nitrogens is 1. The van der Waals surface area contributed by atoms with Crippen LogP contribution in [0.4, 0.5) is 4.79 Å². The highest BCUT2D eigenvalue weighted by atomic mass is 16.8. The minimum Gasteiger partial charge on any atom is -0.448 e. The molecule has 1 aromatic heterocycles. The number of carbonyl (C=O) groups is 2. The number of carbonyl (C=O) groups excluding carboxylic acids is 1. The number of H-pyrrole nitrogens is 1. The number of Topliss-reactive ketones (excluding diaryl/α,β-unsaturated/α-hetero) is 1. The number of oxazole rings is 1. The van der Waals surface area contributed by atoms with Crippen molar-refractivity contribution < 1.29 is 24.0 Å². The molecule has 0 aliphatic carbocycles. The molecule has 1 saturated heterocycles. The van der Waals surface area contributed by atoms with Gasteiger partial charge in [0, 0.05) is 44.7 Å². The van der Waals surface area contributed by atoms with E-state index in [0.29, 0.717) is 55.8 Å². The number of aromatic amines is 1. The molecule has 1 aliphatic rings. The molecule has 3 rings (SSSR count). The van der Waals surface area contributed by atoms with E-state index in [2.05, 4.69) is 14.7 Å². The summed E-state index contributed by atoms with van der Waals surface area (Å²) in [6, 6.07) is 4.87. The van der Waals surface area contributed by atoms with E-state index in [1.165, 1.54) is 5.06 Å². The first-order chi connectivity index (χ1) is 11.5. The number of benzene rings is 1. The number of piperazine rings is 1. The summed E-state index contributed by atoms with van der Waals surface area (Å²) < 4.78 is 4.96. The number of nitrogens with zero attached hydrogens (tertiary/aromatic N) is 2. The molecular weight excluding hydrogens is 318 g/mol. The van der Waals surface area contributed by atoms with Gasteiger partial charge in [0.2, 0.25) is 0 Å². The molecule has 2 N–H and O–H groups in total. The van der Waals surface area contributed by atoms with Crippen molar-refractivity contribution >= 4 is 23.0 Å². The number of rotatable bonds is 5. The van der Waals surface area contributed by atoms with E-state index in [1.54, 1.807) is 18.2 Å². The number of hydrogen-bond donors (Lipinski definition) is 2. The van der Waals surface area contributed by atoms with E-state index in [1.807, 2.05) is 0 Å². The van der Waals surface area contributed by atoms with Crippen molar-refractivity contribution in [3.05, 3.63) is 34.3 Å². The van der Waals surface area contributed by atoms with Gasteiger partial charge in [0.1, 0.15) is 0 Å². The van der Waals surface area contributed by atoms with Gasteiger partial charge in [0.05, 0.1) is 5.52 Å². The average Bonchev–Trinajstić information content (AvgIpc) is 2.92. The third-order valence-corrected chi connectivity index (χ3v) is 3.94. The van der Waals surface area contributed by atoms with Crippen LogP contribution in [0.15, 0.2) is 27.4 Å². The van der Waals surface area contributed by atoms with Crippen LogP contribution in [0, 0.1) is 0 Å². The third-order valence-electron chi connectivity index (χ3n) is 3.94. The van der Waals surface area contributed by atoms with Crippen LogP contribution in [0.25, 0.3) is 11.1 Å². The Labute approximate surface area is 136 Å². The van der Waals surface area contributed by atoms with Crippen molar-refractivity contribution in [3.8, 4) is 0 Å². The van der Waals surface area contributed by atoms with Crippen LogP contribution < -0.4 is 5.76 Å². The highest BCUT2D eigenvalue weighted by molar-refractivity contribution is 5.98. The number of hydrogen-bond acceptors (Lipinski definition) is 7. The van der Waals surface area contributed by atoms with E-state index in [4.69, 9.17) is 9.52 Å². The predicted molar refractivity (Wildman–Crippen MR) is 82.9 cm³/mol. The smallest absolute Gasteiger partial charge is 0.448 e. The minimum absolute atomic E-state index is 0.0371. The summed E-state index contributed by atoms with van der Waals surface area (Å²) in [5.74, 6) is -0.582. The number of fused-ring (bicyclic) bond motifs is 1. The number of nitrogens with one attached hydrogen (secondary N) is 1. The number of hydroxylamine groups is 2. The first kappa shape index (κ1) is 16.2. The molecule has 2 aromatic rings. The first-order valence-corrected chi connectivity index (χ1v) is 7.55. The maximum Gasteiger partial charge on any atom is 0.525 e. The van der Waals surface area contributed by atoms with Crippen molar-refractivity contribution in [3.63, 3.8) is 0 Å². The second-order valence-corrected chi connectivity index (χ2v) is 5.53. The zero-order chi connectivity index (χ0) is 17.1. The lowest BCUT2D eigenvalue weighted by Gasteiger charge is -2.32. The first-order valence-electron chi connectivity index (χ1n) is 7.55. The van der Waals surface area contributed by atoms with Crippen LogP contribution in [0.1, 0.15) is 16.8 Å². The van der Waals surface area contributed by atoms with Crippen molar-refractivity contribution in [1.29, 1.82) is 0 Å². The molecule has 2 heterocycles. The van der Waals surface area contributed by atoms with Crippen LogP contribution in [0.3, 0.4) is 0 Å². The lowest BCUT2D eigenvalue weighted by atomic mass is 10.1. The van der Waals surface area contributed by atoms with Crippen molar-refractivity contribution in [2.24, 2.45) is 0 Å². The van der Waals surface area contributed by atoms with Gasteiger partial charge in [-0.3, -0.25) is 9.78 Å². The van der Waals surface area contributed by atoms with E-state index < -0.39 is 11.9 Å². The summed E-state index contributed by atoms with van der Waals surface area (Å²) in [5.41, 5.74) is 1.43. The molecule has 0 unspecified atom stereocenters. The fourth-order valence-corrected chi connectivity index (χ4v) is 2.68. The topological polar surface area (TPSA) is 116 Å². The molecule has 0 atom stereocenters. The van der Waals surface area contributed by atoms with E-state index in [9.17, 15) is 14.4 Å². The Morgan fingerprint density at radius 2 is 2.00 bits per heavy atom. The monoisotopic (exact) mass is 335 g/mol. The van der Waals surface area contributed by atoms with Crippen LogP contribution in [-0.4, -0.2) is 64.7 Å². The fourth-order valence-electron chi connectivity index (χ4n) is 2.68. The molecule has 0 amide bonds. The summed E-state index contributed by atoms with van der Waals surface area (Å²) in [5, 5.41) is 9.95. The van der Waals surface area contributed by atoms with Gasteiger partial charge < -0.3 is 19.3 Å². The zero-order valence-electron chi connectivity index (χ0n) is 12.9. The van der Waals surface area contributed by atoms with Crippen LogP contribution >= 0.6 is 0 Å². The third kappa shape index (κ3) is 3.81. The second-order valence-electron chi connectivity index (χ2n) is 5.53. The van der Waals surface area contributed by atoms with E-state index in [0.717, 1.165) is 0 Å². The quantitative estimate of drug-likeness (QED) is 0.775. The molecule has 128 valence electrons. The summed E-state index contributed by atoms with van der Waals surface area (Å²) in [6.07, 6.45) is -0.981. The molecule has 0 radical (unpaired) electrons. The highest BCUT2D eigenvalue weighted by Crippen LogP contribution is 2.14. The lowest BCUT2D eigenvalue weighted by Crippen LogP contribution is -2.47. The van der Waals surface area contributed by atoms with Gasteiger partial charge >= 0.3 is 11.9 Å². The Morgan fingerprint density at radius 3 is 2.71 bits per heavy atom. The summed E-state index contributed by atoms with van der Waals surface area (Å²) in [4.78, 5) is 43.1. The normalized spacial score (nSPS) is 16.3. The minimum atomic E-state index is -1.31.